The van der Waals surface area contributed by atoms with Crippen LogP contribution in [0.25, 0.3) is 11.4 Å². The van der Waals surface area contributed by atoms with Gasteiger partial charge >= 0.3 is 0 Å². The van der Waals surface area contributed by atoms with E-state index in [1.807, 2.05) is 41.3 Å². The second-order valence-corrected chi connectivity index (χ2v) is 7.84. The molecule has 27 heavy (non-hydrogen) atoms. The number of carbonyl (C=O) groups excluding carboxylic acids is 1. The van der Waals surface area contributed by atoms with E-state index in [9.17, 15) is 4.79 Å². The van der Waals surface area contributed by atoms with Crippen molar-refractivity contribution in [3.8, 4) is 11.4 Å². The van der Waals surface area contributed by atoms with Gasteiger partial charge in [0.2, 0.25) is 11.7 Å². The van der Waals surface area contributed by atoms with Gasteiger partial charge in [0.05, 0.1) is 0 Å². The molecule has 1 aliphatic rings. The molecule has 2 aromatic carbocycles. The minimum absolute atomic E-state index is 0.0245. The minimum atomic E-state index is -0.217. The lowest BCUT2D eigenvalue weighted by molar-refractivity contribution is 0.0561. The molecular weight excluding hydrogens is 430 g/mol. The van der Waals surface area contributed by atoms with E-state index in [-0.39, 0.29) is 11.9 Å². The van der Waals surface area contributed by atoms with Crippen LogP contribution in [0.4, 0.5) is 0 Å². The summed E-state index contributed by atoms with van der Waals surface area (Å²) in [6.45, 7) is 0.672. The highest BCUT2D eigenvalue weighted by molar-refractivity contribution is 9.10. The third kappa shape index (κ3) is 3.92. The molecule has 1 atom stereocenters. The van der Waals surface area contributed by atoms with Crippen LogP contribution in [0.5, 0.6) is 0 Å². The molecule has 4 rings (SSSR count). The van der Waals surface area contributed by atoms with E-state index in [1.54, 1.807) is 12.1 Å². The number of hydrogen-bond acceptors (Lipinski definition) is 4. The van der Waals surface area contributed by atoms with E-state index in [0.717, 1.165) is 29.3 Å². The lowest BCUT2D eigenvalue weighted by atomic mass is 10.0. The Kier molecular flexibility index (Phi) is 5.27. The SMILES string of the molecule is O=C(c1cccc(Br)c1)N1CCCCC1c1nc(-c2cccc(Cl)c2)no1. The number of likely N-dealkylation sites (tertiary alicyclic amines) is 1. The number of piperidine rings is 1. The zero-order valence-electron chi connectivity index (χ0n) is 14.4. The molecule has 3 aromatic rings. The quantitative estimate of drug-likeness (QED) is 0.531. The van der Waals surface area contributed by atoms with E-state index in [4.69, 9.17) is 16.1 Å². The van der Waals surface area contributed by atoms with Crippen LogP contribution in [0.2, 0.25) is 5.02 Å². The first-order valence-electron chi connectivity index (χ1n) is 8.78. The molecule has 0 aliphatic carbocycles. The highest BCUT2D eigenvalue weighted by Gasteiger charge is 2.32. The summed E-state index contributed by atoms with van der Waals surface area (Å²) >= 11 is 9.48. The molecular formula is C20H17BrClN3O2. The number of rotatable bonds is 3. The summed E-state index contributed by atoms with van der Waals surface area (Å²) in [5, 5.41) is 4.71. The van der Waals surface area contributed by atoms with Gasteiger partial charge in [-0.3, -0.25) is 4.79 Å². The van der Waals surface area contributed by atoms with Gasteiger partial charge in [-0.05, 0) is 49.6 Å². The number of hydrogen-bond donors (Lipinski definition) is 0. The Hall–Kier alpha value is -2.18. The molecule has 0 saturated carbocycles. The molecule has 5 nitrogen and oxygen atoms in total. The van der Waals surface area contributed by atoms with Gasteiger partial charge in [0.15, 0.2) is 0 Å². The molecule has 0 N–H and O–H groups in total. The molecule has 138 valence electrons. The molecule has 2 heterocycles. The monoisotopic (exact) mass is 445 g/mol. The number of carbonyl (C=O) groups is 1. The third-order valence-electron chi connectivity index (χ3n) is 4.64. The molecule has 0 bridgehead atoms. The first-order valence-corrected chi connectivity index (χ1v) is 9.95. The van der Waals surface area contributed by atoms with Gasteiger partial charge in [0.1, 0.15) is 6.04 Å². The van der Waals surface area contributed by atoms with Gasteiger partial charge in [0, 0.05) is 27.2 Å². The maximum atomic E-state index is 13.1. The van der Waals surface area contributed by atoms with Gasteiger partial charge in [0.25, 0.3) is 5.91 Å². The lowest BCUT2D eigenvalue weighted by Crippen LogP contribution is -2.38. The zero-order chi connectivity index (χ0) is 18.8. The summed E-state index contributed by atoms with van der Waals surface area (Å²) in [5.41, 5.74) is 1.43. The Balaban J connectivity index is 1.62. The lowest BCUT2D eigenvalue weighted by Gasteiger charge is -2.33. The van der Waals surface area contributed by atoms with Crippen LogP contribution in [0.3, 0.4) is 0 Å². The van der Waals surface area contributed by atoms with Crippen molar-refractivity contribution in [2.45, 2.75) is 25.3 Å². The van der Waals surface area contributed by atoms with Crippen molar-refractivity contribution in [1.82, 2.24) is 15.0 Å². The van der Waals surface area contributed by atoms with Crippen LogP contribution in [0, 0.1) is 0 Å². The molecule has 1 unspecified atom stereocenters. The Morgan fingerprint density at radius 2 is 2.04 bits per heavy atom. The highest BCUT2D eigenvalue weighted by Crippen LogP contribution is 2.33. The largest absolute Gasteiger partial charge is 0.337 e. The Morgan fingerprint density at radius 1 is 1.19 bits per heavy atom. The molecule has 0 radical (unpaired) electrons. The van der Waals surface area contributed by atoms with E-state index in [2.05, 4.69) is 26.1 Å². The van der Waals surface area contributed by atoms with Crippen molar-refractivity contribution < 1.29 is 9.32 Å². The number of aromatic nitrogens is 2. The summed E-state index contributed by atoms with van der Waals surface area (Å²) < 4.78 is 6.41. The summed E-state index contributed by atoms with van der Waals surface area (Å²) in [6.07, 6.45) is 2.78. The van der Waals surface area contributed by atoms with Gasteiger partial charge in [-0.25, -0.2) is 0 Å². The van der Waals surface area contributed by atoms with Crippen molar-refractivity contribution >= 4 is 33.4 Å². The molecule has 1 saturated heterocycles. The van der Waals surface area contributed by atoms with Crippen molar-refractivity contribution in [3.05, 3.63) is 69.5 Å². The molecule has 0 spiro atoms. The third-order valence-corrected chi connectivity index (χ3v) is 5.37. The van der Waals surface area contributed by atoms with Crippen molar-refractivity contribution in [3.63, 3.8) is 0 Å². The van der Waals surface area contributed by atoms with Gasteiger partial charge in [-0.1, -0.05) is 50.9 Å². The average molecular weight is 447 g/mol. The Morgan fingerprint density at radius 3 is 2.85 bits per heavy atom. The molecule has 1 aliphatic heterocycles. The van der Waals surface area contributed by atoms with Gasteiger partial charge in [-0.2, -0.15) is 4.98 Å². The first-order chi connectivity index (χ1) is 13.1. The predicted octanol–water partition coefficient (Wildman–Crippen LogP) is 5.52. The zero-order valence-corrected chi connectivity index (χ0v) is 16.8. The fourth-order valence-corrected chi connectivity index (χ4v) is 3.92. The average Bonchev–Trinajstić information content (AvgIpc) is 3.17. The predicted molar refractivity (Wildman–Crippen MR) is 107 cm³/mol. The minimum Gasteiger partial charge on any atom is -0.337 e. The van der Waals surface area contributed by atoms with Crippen LogP contribution in [0.15, 0.2) is 57.5 Å². The number of benzene rings is 2. The highest BCUT2D eigenvalue weighted by atomic mass is 79.9. The van der Waals surface area contributed by atoms with Crippen LogP contribution in [0.1, 0.15) is 41.6 Å². The summed E-state index contributed by atoms with van der Waals surface area (Å²) in [6, 6.07) is 14.5. The first kappa shape index (κ1) is 18.2. The standard InChI is InChI=1S/C20H17BrClN3O2/c21-15-7-3-6-14(11-15)20(26)25-10-2-1-9-17(25)19-23-18(24-27-19)13-5-4-8-16(22)12-13/h3-8,11-12,17H,1-2,9-10H2. The van der Waals surface area contributed by atoms with Crippen molar-refractivity contribution in [2.75, 3.05) is 6.54 Å². The summed E-state index contributed by atoms with van der Waals surface area (Å²) in [7, 11) is 0. The molecule has 1 fully saturated rings. The topological polar surface area (TPSA) is 59.2 Å². The van der Waals surface area contributed by atoms with Crippen LogP contribution in [-0.2, 0) is 0 Å². The molecule has 7 heteroatoms. The number of halogens is 2. The fraction of sp³-hybridized carbons (Fsp3) is 0.250. The normalized spacial score (nSPS) is 17.1. The second kappa shape index (κ2) is 7.82. The number of amides is 1. The summed E-state index contributed by atoms with van der Waals surface area (Å²) in [5.74, 6) is 0.921. The van der Waals surface area contributed by atoms with E-state index >= 15 is 0 Å². The molecule has 1 aromatic heterocycles. The van der Waals surface area contributed by atoms with Gasteiger partial charge < -0.3 is 9.42 Å². The number of nitrogens with zero attached hydrogens (tertiary/aromatic N) is 3. The molecule has 1 amide bonds. The van der Waals surface area contributed by atoms with Crippen molar-refractivity contribution in [2.24, 2.45) is 0 Å². The Bertz CT molecular complexity index is 975. The van der Waals surface area contributed by atoms with E-state index < -0.39 is 0 Å². The Labute approximate surface area is 170 Å². The van der Waals surface area contributed by atoms with Crippen LogP contribution in [-0.4, -0.2) is 27.5 Å². The van der Waals surface area contributed by atoms with E-state index in [0.29, 0.717) is 28.8 Å². The maximum absolute atomic E-state index is 13.1. The van der Waals surface area contributed by atoms with Crippen LogP contribution >= 0.6 is 27.5 Å². The van der Waals surface area contributed by atoms with Gasteiger partial charge in [-0.15, -0.1) is 0 Å². The maximum Gasteiger partial charge on any atom is 0.254 e. The smallest absolute Gasteiger partial charge is 0.254 e. The second-order valence-electron chi connectivity index (χ2n) is 6.49. The van der Waals surface area contributed by atoms with Crippen molar-refractivity contribution in [1.29, 1.82) is 0 Å². The fourth-order valence-electron chi connectivity index (χ4n) is 3.33. The van der Waals surface area contributed by atoms with E-state index in [1.165, 1.54) is 0 Å². The van der Waals surface area contributed by atoms with Crippen LogP contribution < -0.4 is 0 Å². The summed E-state index contributed by atoms with van der Waals surface area (Å²) in [4.78, 5) is 19.4.